The molecule has 0 heterocycles. The Kier molecular flexibility index (Phi) is 4.79. The molecule has 0 aromatic rings. The molecule has 0 aromatic carbocycles. The summed E-state index contributed by atoms with van der Waals surface area (Å²) in [5.74, 6) is -7.91. The van der Waals surface area contributed by atoms with Gasteiger partial charge in [0.05, 0.1) is 0 Å². The van der Waals surface area contributed by atoms with Gasteiger partial charge < -0.3 is 9.47 Å². The van der Waals surface area contributed by atoms with E-state index in [4.69, 9.17) is 9.47 Å². The van der Waals surface area contributed by atoms with Crippen LogP contribution in [0.2, 0.25) is 0 Å². The van der Waals surface area contributed by atoms with Crippen molar-refractivity contribution in [3.8, 4) is 0 Å². The van der Waals surface area contributed by atoms with Crippen LogP contribution in [0.4, 0.5) is 31.1 Å². The molecule has 5 atom stereocenters. The summed E-state index contributed by atoms with van der Waals surface area (Å²) in [6.45, 7) is 4.82. The van der Waals surface area contributed by atoms with Crippen LogP contribution in [0.5, 0.6) is 0 Å². The molecule has 146 valence electrons. The minimum atomic E-state index is -5.68. The highest BCUT2D eigenvalue weighted by molar-refractivity contribution is 5.60. The normalized spacial score (nSPS) is 32.4. The summed E-state index contributed by atoms with van der Waals surface area (Å²) in [6, 6.07) is 0. The quantitative estimate of drug-likeness (QED) is 0.497. The van der Waals surface area contributed by atoms with Gasteiger partial charge in [0.2, 0.25) is 0 Å². The fourth-order valence-electron chi connectivity index (χ4n) is 4.04. The predicted octanol–water partition coefficient (Wildman–Crippen LogP) is 5.28. The van der Waals surface area contributed by atoms with Gasteiger partial charge in [-0.15, -0.1) is 0 Å². The van der Waals surface area contributed by atoms with E-state index in [0.29, 0.717) is 0 Å². The maximum Gasteiger partial charge on any atom is 0.509 e. The van der Waals surface area contributed by atoms with E-state index in [1.807, 2.05) is 0 Å². The molecule has 0 spiro atoms. The second-order valence-corrected chi connectivity index (χ2v) is 8.05. The summed E-state index contributed by atoms with van der Waals surface area (Å²) in [4.78, 5) is 11.7. The fourth-order valence-corrected chi connectivity index (χ4v) is 4.04. The molecule has 2 fully saturated rings. The Morgan fingerprint density at radius 1 is 0.880 bits per heavy atom. The van der Waals surface area contributed by atoms with Crippen LogP contribution in [0, 0.1) is 17.8 Å². The van der Waals surface area contributed by atoms with Crippen molar-refractivity contribution in [2.75, 3.05) is 0 Å². The number of hydrogen-bond acceptors (Lipinski definition) is 3. The first-order chi connectivity index (χ1) is 11.1. The van der Waals surface area contributed by atoms with Crippen LogP contribution < -0.4 is 0 Å². The van der Waals surface area contributed by atoms with Crippen LogP contribution in [0.25, 0.3) is 0 Å². The van der Waals surface area contributed by atoms with Crippen molar-refractivity contribution in [2.24, 2.45) is 17.8 Å². The molecule has 3 nitrogen and oxygen atoms in total. The van der Waals surface area contributed by atoms with Gasteiger partial charge in [0, 0.05) is 12.8 Å². The fraction of sp³-hybridized carbons (Fsp3) is 0.938. The number of rotatable bonds is 3. The van der Waals surface area contributed by atoms with E-state index in [0.717, 1.165) is 0 Å². The third kappa shape index (κ3) is 3.69. The van der Waals surface area contributed by atoms with Gasteiger partial charge in [-0.3, -0.25) is 0 Å². The van der Waals surface area contributed by atoms with Gasteiger partial charge in [-0.1, -0.05) is 0 Å². The molecule has 2 saturated carbocycles. The van der Waals surface area contributed by atoms with Gasteiger partial charge in [0.15, 0.2) is 0 Å². The van der Waals surface area contributed by atoms with Crippen molar-refractivity contribution in [3.05, 3.63) is 0 Å². The standard InChI is InChI=1S/C16H22F6O3/c1-13(2,3)25-12(23)24-11-7-8-5-9(11)6-10(8)15(19,14(4,17)18)16(20,21)22/h8-11H,5-7H2,1-4H3. The molecule has 25 heavy (non-hydrogen) atoms. The van der Waals surface area contributed by atoms with Crippen LogP contribution in [-0.2, 0) is 9.47 Å². The summed E-state index contributed by atoms with van der Waals surface area (Å²) < 4.78 is 91.0. The third-order valence-electron chi connectivity index (χ3n) is 4.99. The monoisotopic (exact) mass is 376 g/mol. The minimum absolute atomic E-state index is 0.0405. The summed E-state index contributed by atoms with van der Waals surface area (Å²) in [5.41, 5.74) is -5.39. The van der Waals surface area contributed by atoms with Crippen LogP contribution in [0.15, 0.2) is 0 Å². The van der Waals surface area contributed by atoms with Gasteiger partial charge >= 0.3 is 12.3 Å². The highest BCUT2D eigenvalue weighted by Crippen LogP contribution is 2.61. The Bertz CT molecular complexity index is 505. The smallest absolute Gasteiger partial charge is 0.431 e. The molecule has 2 rings (SSSR count). The Hall–Kier alpha value is -1.15. The van der Waals surface area contributed by atoms with Gasteiger partial charge in [-0.2, -0.15) is 13.2 Å². The molecule has 0 aliphatic heterocycles. The molecule has 0 N–H and O–H groups in total. The summed E-state index contributed by atoms with van der Waals surface area (Å²) in [6.07, 6.45) is -7.74. The lowest BCUT2D eigenvalue weighted by Gasteiger charge is -2.42. The van der Waals surface area contributed by atoms with Crippen molar-refractivity contribution in [3.63, 3.8) is 0 Å². The number of halogens is 6. The Morgan fingerprint density at radius 3 is 1.80 bits per heavy atom. The number of fused-ring (bicyclic) bond motifs is 2. The molecule has 0 saturated heterocycles. The van der Waals surface area contributed by atoms with Crippen LogP contribution in [-0.4, -0.2) is 35.6 Å². The van der Waals surface area contributed by atoms with Crippen molar-refractivity contribution in [1.82, 2.24) is 0 Å². The molecule has 0 radical (unpaired) electrons. The first kappa shape index (κ1) is 20.2. The van der Waals surface area contributed by atoms with Crippen LogP contribution in [0.1, 0.15) is 47.0 Å². The lowest BCUT2D eigenvalue weighted by atomic mass is 9.73. The minimum Gasteiger partial charge on any atom is -0.431 e. The molecule has 0 aromatic heterocycles. The van der Waals surface area contributed by atoms with Crippen LogP contribution in [0.3, 0.4) is 0 Å². The third-order valence-corrected chi connectivity index (χ3v) is 4.99. The van der Waals surface area contributed by atoms with Crippen molar-refractivity contribution in [1.29, 1.82) is 0 Å². The zero-order valence-electron chi connectivity index (χ0n) is 14.4. The lowest BCUT2D eigenvalue weighted by Crippen LogP contribution is -2.60. The van der Waals surface area contributed by atoms with Gasteiger partial charge in [-0.25, -0.2) is 18.0 Å². The molecule has 2 bridgehead atoms. The highest BCUT2D eigenvalue weighted by Gasteiger charge is 2.75. The van der Waals surface area contributed by atoms with Gasteiger partial charge in [0.25, 0.3) is 11.6 Å². The zero-order valence-corrected chi connectivity index (χ0v) is 14.4. The van der Waals surface area contributed by atoms with Gasteiger partial charge in [0.1, 0.15) is 11.7 Å². The lowest BCUT2D eigenvalue weighted by molar-refractivity contribution is -0.321. The average Bonchev–Trinajstić information content (AvgIpc) is 2.91. The number of ether oxygens (including phenoxy) is 2. The molecule has 0 amide bonds. The molecule has 2 aliphatic carbocycles. The zero-order chi connectivity index (χ0) is 19.4. The molecule has 9 heteroatoms. The highest BCUT2D eigenvalue weighted by atomic mass is 19.4. The Morgan fingerprint density at radius 2 is 1.44 bits per heavy atom. The topological polar surface area (TPSA) is 35.5 Å². The molecular formula is C16H22F6O3. The number of hydrogen-bond donors (Lipinski definition) is 0. The average molecular weight is 376 g/mol. The van der Waals surface area contributed by atoms with E-state index in [1.165, 1.54) is 0 Å². The maximum absolute atomic E-state index is 14.6. The van der Waals surface area contributed by atoms with E-state index in [-0.39, 0.29) is 19.8 Å². The molecule has 5 unspecified atom stereocenters. The summed E-state index contributed by atoms with van der Waals surface area (Å²) in [7, 11) is 0. The van der Waals surface area contributed by atoms with Crippen molar-refractivity contribution >= 4 is 6.16 Å². The summed E-state index contributed by atoms with van der Waals surface area (Å²) in [5, 5.41) is 0. The second-order valence-electron chi connectivity index (χ2n) is 8.05. The van der Waals surface area contributed by atoms with E-state index in [1.54, 1.807) is 20.8 Å². The summed E-state index contributed by atoms with van der Waals surface area (Å²) >= 11 is 0. The maximum atomic E-state index is 14.6. The van der Waals surface area contributed by atoms with Gasteiger partial charge in [-0.05, 0) is 51.9 Å². The number of alkyl halides is 6. The first-order valence-corrected chi connectivity index (χ1v) is 8.09. The molecular weight excluding hydrogens is 354 g/mol. The van der Waals surface area contributed by atoms with E-state index in [2.05, 4.69) is 0 Å². The Labute approximate surface area is 142 Å². The van der Waals surface area contributed by atoms with Crippen molar-refractivity contribution < 1.29 is 40.6 Å². The number of carbonyl (C=O) groups excluding carboxylic acids is 1. The Balaban J connectivity index is 2.09. The largest absolute Gasteiger partial charge is 0.509 e. The first-order valence-electron chi connectivity index (χ1n) is 8.09. The number of carbonyl (C=O) groups is 1. The van der Waals surface area contributed by atoms with Crippen LogP contribution >= 0.6 is 0 Å². The SMILES string of the molecule is CC(C)(C)OC(=O)OC1CC2CC1CC2C(F)(C(C)(F)F)C(F)(F)F. The van der Waals surface area contributed by atoms with Crippen molar-refractivity contribution in [2.45, 2.75) is 76.4 Å². The van der Waals surface area contributed by atoms with E-state index in [9.17, 15) is 31.1 Å². The second kappa shape index (κ2) is 5.94. The predicted molar refractivity (Wildman–Crippen MR) is 75.9 cm³/mol. The molecule has 2 aliphatic rings. The van der Waals surface area contributed by atoms with E-state index < -0.39 is 59.8 Å². The van der Waals surface area contributed by atoms with E-state index >= 15 is 0 Å².